The Morgan fingerprint density at radius 1 is 1.04 bits per heavy atom. The smallest absolute Gasteiger partial charge is 0.163 e. The Kier molecular flexibility index (Phi) is 6.97. The summed E-state index contributed by atoms with van der Waals surface area (Å²) in [6.07, 6.45) is 3.72. The predicted molar refractivity (Wildman–Crippen MR) is 99.6 cm³/mol. The van der Waals surface area contributed by atoms with Crippen LogP contribution in [0.3, 0.4) is 0 Å². The van der Waals surface area contributed by atoms with Gasteiger partial charge in [0, 0.05) is 18.1 Å². The summed E-state index contributed by atoms with van der Waals surface area (Å²) in [5.41, 5.74) is 1.68. The van der Waals surface area contributed by atoms with Gasteiger partial charge in [0.2, 0.25) is 0 Å². The molecule has 0 saturated heterocycles. The SMILES string of the molecule is COc1ccc(/C=C/C(=O)CC(=O)CCc2ccc(O)cc2)c(OC)c1. The standard InChI is InChI=1S/C21H22O5/c1-25-20-12-7-16(21(14-20)26-2)6-11-19(24)13-18(23)10-5-15-3-8-17(22)9-4-15/h3-4,6-9,11-12,14,22H,5,10,13H2,1-2H3/b11-6+. The zero-order chi connectivity index (χ0) is 18.9. The molecule has 0 amide bonds. The highest BCUT2D eigenvalue weighted by molar-refractivity contribution is 6.06. The van der Waals surface area contributed by atoms with E-state index in [2.05, 4.69) is 0 Å². The molecule has 0 aliphatic heterocycles. The third-order valence-corrected chi connectivity index (χ3v) is 3.89. The van der Waals surface area contributed by atoms with E-state index in [0.717, 1.165) is 11.1 Å². The number of carbonyl (C=O) groups excluding carboxylic acids is 2. The van der Waals surface area contributed by atoms with Crippen LogP contribution in [-0.4, -0.2) is 30.9 Å². The summed E-state index contributed by atoms with van der Waals surface area (Å²) in [7, 11) is 3.11. The van der Waals surface area contributed by atoms with E-state index in [1.807, 2.05) is 0 Å². The Balaban J connectivity index is 1.88. The van der Waals surface area contributed by atoms with Crippen molar-refractivity contribution in [1.82, 2.24) is 0 Å². The summed E-state index contributed by atoms with van der Waals surface area (Å²) in [5.74, 6) is 1.07. The fraction of sp³-hybridized carbons (Fsp3) is 0.238. The van der Waals surface area contributed by atoms with Crippen molar-refractivity contribution in [3.05, 3.63) is 59.7 Å². The largest absolute Gasteiger partial charge is 0.508 e. The number of phenols is 1. The normalized spacial score (nSPS) is 10.7. The zero-order valence-corrected chi connectivity index (χ0v) is 14.9. The molecule has 0 aliphatic carbocycles. The molecule has 0 heterocycles. The monoisotopic (exact) mass is 354 g/mol. The van der Waals surface area contributed by atoms with Gasteiger partial charge in [-0.2, -0.15) is 0 Å². The van der Waals surface area contributed by atoms with Crippen LogP contribution < -0.4 is 9.47 Å². The molecule has 2 aromatic carbocycles. The molecule has 0 fully saturated rings. The number of Topliss-reactive ketones (excluding diaryl/α,β-unsaturated/α-hetero) is 1. The molecule has 136 valence electrons. The summed E-state index contributed by atoms with van der Waals surface area (Å²) in [6, 6.07) is 12.0. The van der Waals surface area contributed by atoms with Crippen LogP contribution in [-0.2, 0) is 16.0 Å². The summed E-state index contributed by atoms with van der Waals surface area (Å²) >= 11 is 0. The second-order valence-corrected chi connectivity index (χ2v) is 5.79. The Bertz CT molecular complexity index is 791. The minimum atomic E-state index is -0.251. The van der Waals surface area contributed by atoms with Crippen LogP contribution in [0, 0.1) is 0 Å². The minimum absolute atomic E-state index is 0.116. The maximum Gasteiger partial charge on any atom is 0.163 e. The Hall–Kier alpha value is -3.08. The molecule has 0 bridgehead atoms. The molecule has 0 unspecified atom stereocenters. The van der Waals surface area contributed by atoms with Crippen LogP contribution in [0.25, 0.3) is 6.08 Å². The summed E-state index contributed by atoms with van der Waals surface area (Å²) in [6.45, 7) is 0. The quantitative estimate of drug-likeness (QED) is 0.550. The van der Waals surface area contributed by atoms with Crippen molar-refractivity contribution in [1.29, 1.82) is 0 Å². The average Bonchev–Trinajstić information content (AvgIpc) is 2.65. The first-order valence-corrected chi connectivity index (χ1v) is 8.24. The number of allylic oxidation sites excluding steroid dienone is 1. The first kappa shape index (κ1) is 19.2. The molecule has 2 aromatic rings. The summed E-state index contributed by atoms with van der Waals surface area (Å²) in [4.78, 5) is 24.0. The van der Waals surface area contributed by atoms with Gasteiger partial charge in [-0.25, -0.2) is 0 Å². The van der Waals surface area contributed by atoms with Crippen molar-refractivity contribution in [3.63, 3.8) is 0 Å². The maximum absolute atomic E-state index is 12.0. The lowest BCUT2D eigenvalue weighted by Crippen LogP contribution is -2.06. The number of aromatic hydroxyl groups is 1. The number of hydrogen-bond donors (Lipinski definition) is 1. The predicted octanol–water partition coefficient (Wildman–Crippen LogP) is 3.58. The molecular weight excluding hydrogens is 332 g/mol. The molecule has 1 N–H and O–H groups in total. The van der Waals surface area contributed by atoms with Gasteiger partial charge < -0.3 is 14.6 Å². The third kappa shape index (κ3) is 5.77. The second kappa shape index (κ2) is 9.42. The van der Waals surface area contributed by atoms with E-state index in [0.29, 0.717) is 17.9 Å². The van der Waals surface area contributed by atoms with Crippen LogP contribution in [0.4, 0.5) is 0 Å². The zero-order valence-electron chi connectivity index (χ0n) is 14.9. The molecule has 2 rings (SSSR count). The number of ether oxygens (including phenoxy) is 2. The van der Waals surface area contributed by atoms with E-state index in [9.17, 15) is 14.7 Å². The van der Waals surface area contributed by atoms with Gasteiger partial charge in [-0.15, -0.1) is 0 Å². The topological polar surface area (TPSA) is 72.8 Å². The minimum Gasteiger partial charge on any atom is -0.508 e. The van der Waals surface area contributed by atoms with Gasteiger partial charge in [0.05, 0.1) is 20.6 Å². The lowest BCUT2D eigenvalue weighted by atomic mass is 10.0. The van der Waals surface area contributed by atoms with E-state index in [1.165, 1.54) is 6.08 Å². The Morgan fingerprint density at radius 2 is 1.77 bits per heavy atom. The number of phenolic OH excluding ortho intramolecular Hbond substituents is 1. The lowest BCUT2D eigenvalue weighted by Gasteiger charge is -2.07. The Morgan fingerprint density at radius 3 is 2.42 bits per heavy atom. The number of hydrogen-bond acceptors (Lipinski definition) is 5. The number of benzene rings is 2. The van der Waals surface area contributed by atoms with Crippen LogP contribution in [0.15, 0.2) is 48.5 Å². The van der Waals surface area contributed by atoms with Gasteiger partial charge in [0.1, 0.15) is 23.0 Å². The number of rotatable bonds is 9. The average molecular weight is 354 g/mol. The van der Waals surface area contributed by atoms with E-state index in [1.54, 1.807) is 62.8 Å². The van der Waals surface area contributed by atoms with Crippen molar-refractivity contribution in [2.75, 3.05) is 14.2 Å². The van der Waals surface area contributed by atoms with Gasteiger partial charge in [-0.3, -0.25) is 9.59 Å². The molecule has 0 saturated carbocycles. The molecule has 0 aliphatic rings. The first-order valence-electron chi connectivity index (χ1n) is 8.24. The van der Waals surface area contributed by atoms with Crippen molar-refractivity contribution in [2.45, 2.75) is 19.3 Å². The maximum atomic E-state index is 12.0. The highest BCUT2D eigenvalue weighted by atomic mass is 16.5. The number of aryl methyl sites for hydroxylation is 1. The summed E-state index contributed by atoms with van der Waals surface area (Å²) in [5, 5.41) is 9.24. The second-order valence-electron chi connectivity index (χ2n) is 5.79. The third-order valence-electron chi connectivity index (χ3n) is 3.89. The number of carbonyl (C=O) groups is 2. The van der Waals surface area contributed by atoms with Gasteiger partial charge in [-0.1, -0.05) is 12.1 Å². The molecule has 0 spiro atoms. The van der Waals surface area contributed by atoms with Crippen molar-refractivity contribution in [2.24, 2.45) is 0 Å². The molecule has 5 nitrogen and oxygen atoms in total. The van der Waals surface area contributed by atoms with Gasteiger partial charge in [0.25, 0.3) is 0 Å². The number of ketones is 2. The van der Waals surface area contributed by atoms with Crippen molar-refractivity contribution >= 4 is 17.6 Å². The van der Waals surface area contributed by atoms with Crippen molar-refractivity contribution < 1.29 is 24.2 Å². The lowest BCUT2D eigenvalue weighted by molar-refractivity contribution is -0.124. The van der Waals surface area contributed by atoms with E-state index >= 15 is 0 Å². The van der Waals surface area contributed by atoms with Crippen LogP contribution >= 0.6 is 0 Å². The van der Waals surface area contributed by atoms with Gasteiger partial charge >= 0.3 is 0 Å². The van der Waals surface area contributed by atoms with Crippen LogP contribution in [0.2, 0.25) is 0 Å². The van der Waals surface area contributed by atoms with Crippen LogP contribution in [0.1, 0.15) is 24.0 Å². The highest BCUT2D eigenvalue weighted by Gasteiger charge is 2.08. The highest BCUT2D eigenvalue weighted by Crippen LogP contribution is 2.25. The van der Waals surface area contributed by atoms with Crippen molar-refractivity contribution in [3.8, 4) is 17.2 Å². The van der Waals surface area contributed by atoms with E-state index in [-0.39, 0.29) is 30.2 Å². The fourth-order valence-electron chi connectivity index (χ4n) is 2.43. The molecule has 5 heteroatoms. The van der Waals surface area contributed by atoms with E-state index < -0.39 is 0 Å². The summed E-state index contributed by atoms with van der Waals surface area (Å²) < 4.78 is 10.4. The molecule has 0 radical (unpaired) electrons. The molecule has 0 aromatic heterocycles. The van der Waals surface area contributed by atoms with Gasteiger partial charge in [0.15, 0.2) is 5.78 Å². The fourth-order valence-corrected chi connectivity index (χ4v) is 2.43. The van der Waals surface area contributed by atoms with Crippen LogP contribution in [0.5, 0.6) is 17.2 Å². The molecular formula is C21H22O5. The first-order chi connectivity index (χ1) is 12.5. The Labute approximate surface area is 152 Å². The van der Waals surface area contributed by atoms with Gasteiger partial charge in [-0.05, 0) is 48.4 Å². The van der Waals surface area contributed by atoms with E-state index in [4.69, 9.17) is 9.47 Å². The molecule has 0 atom stereocenters. The number of methoxy groups -OCH3 is 2. The molecule has 26 heavy (non-hydrogen) atoms.